The van der Waals surface area contributed by atoms with Crippen LogP contribution in [-0.4, -0.2) is 31.4 Å². The molecule has 0 aromatic heterocycles. The van der Waals surface area contributed by atoms with Crippen molar-refractivity contribution in [3.8, 4) is 0 Å². The van der Waals surface area contributed by atoms with E-state index in [4.69, 9.17) is 5.73 Å². The number of carbonyl (C=O) groups is 2. The predicted molar refractivity (Wildman–Crippen MR) is 52.4 cm³/mol. The number of nitrogens with one attached hydrogen (secondary N) is 2. The van der Waals surface area contributed by atoms with Crippen molar-refractivity contribution in [3.05, 3.63) is 0 Å². The van der Waals surface area contributed by atoms with Crippen LogP contribution in [0.1, 0.15) is 19.3 Å². The first-order valence-electron chi connectivity index (χ1n) is 4.86. The van der Waals surface area contributed by atoms with E-state index in [2.05, 4.69) is 10.6 Å². The van der Waals surface area contributed by atoms with Crippen molar-refractivity contribution in [2.75, 3.05) is 13.6 Å². The molecule has 5 heteroatoms. The van der Waals surface area contributed by atoms with Crippen LogP contribution in [0, 0.1) is 5.92 Å². The Balaban J connectivity index is 2.11. The third-order valence-electron chi connectivity index (χ3n) is 2.37. The molecule has 1 aliphatic rings. The van der Waals surface area contributed by atoms with Gasteiger partial charge in [0.1, 0.15) is 0 Å². The van der Waals surface area contributed by atoms with E-state index in [-0.39, 0.29) is 24.4 Å². The highest BCUT2D eigenvalue weighted by molar-refractivity contribution is 5.84. The molecule has 5 nitrogen and oxygen atoms in total. The molecule has 1 rings (SSSR count). The Hall–Kier alpha value is -1.10. The summed E-state index contributed by atoms with van der Waals surface area (Å²) >= 11 is 0. The van der Waals surface area contributed by atoms with Gasteiger partial charge in [0, 0.05) is 19.5 Å². The van der Waals surface area contributed by atoms with Gasteiger partial charge >= 0.3 is 0 Å². The Kier molecular flexibility index (Phi) is 3.88. The van der Waals surface area contributed by atoms with E-state index in [9.17, 15) is 9.59 Å². The second-order valence-electron chi connectivity index (χ2n) is 3.66. The molecule has 0 radical (unpaired) electrons. The summed E-state index contributed by atoms with van der Waals surface area (Å²) in [6, 6.07) is -0.0420. The summed E-state index contributed by atoms with van der Waals surface area (Å²) in [5.41, 5.74) is 5.76. The van der Waals surface area contributed by atoms with E-state index in [1.807, 2.05) is 0 Å². The van der Waals surface area contributed by atoms with Gasteiger partial charge in [-0.2, -0.15) is 0 Å². The lowest BCUT2D eigenvalue weighted by atomic mass is 10.1. The topological polar surface area (TPSA) is 84.2 Å². The minimum absolute atomic E-state index is 0.0344. The smallest absolute Gasteiger partial charge is 0.239 e. The average Bonchev–Trinajstić information content (AvgIpc) is 2.97. The van der Waals surface area contributed by atoms with E-state index in [1.165, 1.54) is 7.05 Å². The summed E-state index contributed by atoms with van der Waals surface area (Å²) in [5.74, 6) is 0.173. The zero-order valence-corrected chi connectivity index (χ0v) is 8.38. The fourth-order valence-electron chi connectivity index (χ4n) is 1.24. The van der Waals surface area contributed by atoms with Gasteiger partial charge in [-0.05, 0) is 18.8 Å². The van der Waals surface area contributed by atoms with Gasteiger partial charge in [-0.1, -0.05) is 0 Å². The maximum Gasteiger partial charge on any atom is 0.239 e. The Morgan fingerprint density at radius 2 is 2.07 bits per heavy atom. The van der Waals surface area contributed by atoms with Crippen LogP contribution in [0.3, 0.4) is 0 Å². The molecule has 0 saturated heterocycles. The first-order valence-corrected chi connectivity index (χ1v) is 4.86. The molecular formula is C9H17N3O2. The minimum atomic E-state index is -0.196. The molecular weight excluding hydrogens is 182 g/mol. The van der Waals surface area contributed by atoms with Crippen LogP contribution in [0.15, 0.2) is 0 Å². The Bertz CT molecular complexity index is 226. The standard InChI is InChI=1S/C9H17N3O2/c1-11-9(14)5-12-8(13)4-7(10)6-2-3-6/h6-7H,2-5,10H2,1H3,(H,11,14)(H,12,13). The SMILES string of the molecule is CNC(=O)CNC(=O)CC(N)C1CC1. The molecule has 14 heavy (non-hydrogen) atoms. The van der Waals surface area contributed by atoms with E-state index in [1.54, 1.807) is 0 Å². The summed E-state index contributed by atoms with van der Waals surface area (Å²) in [6.07, 6.45) is 2.58. The predicted octanol–water partition coefficient (Wildman–Crippen LogP) is -1.02. The average molecular weight is 199 g/mol. The maximum absolute atomic E-state index is 11.2. The van der Waals surface area contributed by atoms with Crippen LogP contribution in [0.25, 0.3) is 0 Å². The van der Waals surface area contributed by atoms with Gasteiger partial charge in [-0.15, -0.1) is 0 Å². The number of rotatable bonds is 5. The molecule has 0 spiro atoms. The van der Waals surface area contributed by atoms with Gasteiger partial charge in [0.2, 0.25) is 11.8 Å². The molecule has 1 saturated carbocycles. The molecule has 0 heterocycles. The number of likely N-dealkylation sites (N-methyl/N-ethyl adjacent to an activating group) is 1. The first kappa shape index (κ1) is 11.0. The van der Waals surface area contributed by atoms with Crippen molar-refractivity contribution < 1.29 is 9.59 Å². The third kappa shape index (κ3) is 3.74. The molecule has 1 aliphatic carbocycles. The Morgan fingerprint density at radius 3 is 2.57 bits per heavy atom. The van der Waals surface area contributed by atoms with E-state index < -0.39 is 0 Å². The minimum Gasteiger partial charge on any atom is -0.358 e. The summed E-state index contributed by atoms with van der Waals surface area (Å²) in [7, 11) is 1.53. The highest BCUT2D eigenvalue weighted by Crippen LogP contribution is 2.32. The third-order valence-corrected chi connectivity index (χ3v) is 2.37. The molecule has 80 valence electrons. The van der Waals surface area contributed by atoms with Gasteiger partial charge < -0.3 is 16.4 Å². The second-order valence-corrected chi connectivity index (χ2v) is 3.66. The zero-order chi connectivity index (χ0) is 10.6. The van der Waals surface area contributed by atoms with Crippen molar-refractivity contribution >= 4 is 11.8 Å². The van der Waals surface area contributed by atoms with Crippen LogP contribution in [0.5, 0.6) is 0 Å². The molecule has 0 bridgehead atoms. The zero-order valence-electron chi connectivity index (χ0n) is 8.38. The van der Waals surface area contributed by atoms with Crippen molar-refractivity contribution in [1.82, 2.24) is 10.6 Å². The largest absolute Gasteiger partial charge is 0.358 e. The fraction of sp³-hybridized carbons (Fsp3) is 0.778. The number of carbonyl (C=O) groups excluding carboxylic acids is 2. The monoisotopic (exact) mass is 199 g/mol. The fourth-order valence-corrected chi connectivity index (χ4v) is 1.24. The van der Waals surface area contributed by atoms with E-state index in [0.717, 1.165) is 12.8 Å². The summed E-state index contributed by atoms with van der Waals surface area (Å²) in [6.45, 7) is 0.0344. The normalized spacial score (nSPS) is 17.3. The van der Waals surface area contributed by atoms with Crippen molar-refractivity contribution in [2.45, 2.75) is 25.3 Å². The highest BCUT2D eigenvalue weighted by Gasteiger charge is 2.29. The molecule has 4 N–H and O–H groups in total. The highest BCUT2D eigenvalue weighted by atomic mass is 16.2. The maximum atomic E-state index is 11.2. The number of amides is 2. The summed E-state index contributed by atoms with van der Waals surface area (Å²) < 4.78 is 0. The van der Waals surface area contributed by atoms with Gasteiger partial charge in [0.05, 0.1) is 6.54 Å². The van der Waals surface area contributed by atoms with Crippen LogP contribution < -0.4 is 16.4 Å². The molecule has 2 amide bonds. The lowest BCUT2D eigenvalue weighted by Gasteiger charge is -2.09. The molecule has 1 unspecified atom stereocenters. The van der Waals surface area contributed by atoms with Gasteiger partial charge in [0.15, 0.2) is 0 Å². The van der Waals surface area contributed by atoms with Crippen LogP contribution >= 0.6 is 0 Å². The van der Waals surface area contributed by atoms with Crippen LogP contribution in [0.2, 0.25) is 0 Å². The lowest BCUT2D eigenvalue weighted by molar-refractivity contribution is -0.126. The first-order chi connectivity index (χ1) is 6.63. The summed E-state index contributed by atoms with van der Waals surface area (Å²) in [4.78, 5) is 22.0. The molecule has 0 aromatic carbocycles. The number of hydrogen-bond acceptors (Lipinski definition) is 3. The lowest BCUT2D eigenvalue weighted by Crippen LogP contribution is -2.38. The Labute approximate surface area is 83.4 Å². The van der Waals surface area contributed by atoms with Crippen LogP contribution in [0.4, 0.5) is 0 Å². The van der Waals surface area contributed by atoms with Gasteiger partial charge in [-0.3, -0.25) is 9.59 Å². The number of hydrogen-bond donors (Lipinski definition) is 3. The molecule has 0 aliphatic heterocycles. The van der Waals surface area contributed by atoms with Crippen molar-refractivity contribution in [1.29, 1.82) is 0 Å². The molecule has 1 fully saturated rings. The van der Waals surface area contributed by atoms with Gasteiger partial charge in [-0.25, -0.2) is 0 Å². The second kappa shape index (κ2) is 4.95. The van der Waals surface area contributed by atoms with Crippen molar-refractivity contribution in [3.63, 3.8) is 0 Å². The molecule has 1 atom stereocenters. The summed E-state index contributed by atoms with van der Waals surface area (Å²) in [5, 5.41) is 4.94. The van der Waals surface area contributed by atoms with E-state index >= 15 is 0 Å². The van der Waals surface area contributed by atoms with Crippen LogP contribution in [-0.2, 0) is 9.59 Å². The quantitative estimate of drug-likeness (QED) is 0.529. The number of nitrogens with two attached hydrogens (primary N) is 1. The van der Waals surface area contributed by atoms with E-state index in [0.29, 0.717) is 12.3 Å². The van der Waals surface area contributed by atoms with Crippen molar-refractivity contribution in [2.24, 2.45) is 11.7 Å². The molecule has 0 aromatic rings. The van der Waals surface area contributed by atoms with Gasteiger partial charge in [0.25, 0.3) is 0 Å². The Morgan fingerprint density at radius 1 is 1.43 bits per heavy atom.